The van der Waals surface area contributed by atoms with E-state index < -0.39 is 23.5 Å². The third-order valence-corrected chi connectivity index (χ3v) is 6.80. The number of halogens is 6. The zero-order chi connectivity index (χ0) is 33.9. The number of alkyl halides is 6. The molecule has 47 heavy (non-hydrogen) atoms. The van der Waals surface area contributed by atoms with Crippen LogP contribution < -0.4 is 0 Å². The minimum atomic E-state index is -4.55. The van der Waals surface area contributed by atoms with E-state index in [1.165, 1.54) is 24.3 Å². The van der Waals surface area contributed by atoms with E-state index in [1.807, 2.05) is 0 Å². The molecule has 0 fully saturated rings. The minimum Gasteiger partial charge on any atom is -0.415 e. The van der Waals surface area contributed by atoms with Gasteiger partial charge >= 0.3 is 12.4 Å². The first-order valence-corrected chi connectivity index (χ1v) is 13.9. The molecule has 8 nitrogen and oxygen atoms in total. The maximum absolute atomic E-state index is 13.3. The summed E-state index contributed by atoms with van der Waals surface area (Å²) in [6.45, 7) is 8.61. The normalized spacial score (nSPS) is 16.2. The van der Waals surface area contributed by atoms with E-state index in [1.54, 1.807) is 51.1 Å². The largest absolute Gasteiger partial charge is 0.416 e. The summed E-state index contributed by atoms with van der Waals surface area (Å²) in [5, 5.41) is 16.1. The summed E-state index contributed by atoms with van der Waals surface area (Å²) in [5.74, 6) is 0.0452. The van der Waals surface area contributed by atoms with E-state index in [0.717, 1.165) is 24.3 Å². The summed E-state index contributed by atoms with van der Waals surface area (Å²) in [7, 11) is 0. The van der Waals surface area contributed by atoms with Crippen LogP contribution in [0.5, 0.6) is 0 Å². The van der Waals surface area contributed by atoms with Crippen molar-refractivity contribution in [3.05, 3.63) is 120 Å². The molecular weight excluding hydrogens is 626 g/mol. The fraction of sp³-hybridized carbons (Fsp3) is 0.152. The van der Waals surface area contributed by atoms with E-state index in [9.17, 15) is 26.3 Å². The number of aryl methyl sites for hydroxylation is 1. The quantitative estimate of drug-likeness (QED) is 0.146. The Bertz CT molecular complexity index is 2020. The van der Waals surface area contributed by atoms with E-state index in [-0.39, 0.29) is 46.4 Å². The Hall–Kier alpha value is -5.66. The molecule has 0 spiro atoms. The summed E-state index contributed by atoms with van der Waals surface area (Å²) < 4.78 is 91.4. The first kappa shape index (κ1) is 32.7. The molecule has 0 unspecified atom stereocenters. The molecule has 0 saturated carbocycles. The summed E-state index contributed by atoms with van der Waals surface area (Å²) in [6.07, 6.45) is -1.37. The van der Waals surface area contributed by atoms with Crippen LogP contribution >= 0.6 is 0 Å². The predicted molar refractivity (Wildman–Crippen MR) is 164 cm³/mol. The number of hydrogen-bond acceptors (Lipinski definition) is 8. The highest BCUT2D eigenvalue weighted by Crippen LogP contribution is 2.34. The highest BCUT2D eigenvalue weighted by Gasteiger charge is 2.34. The van der Waals surface area contributed by atoms with Gasteiger partial charge < -0.3 is 8.83 Å². The molecule has 5 rings (SSSR count). The Balaban J connectivity index is 1.42. The van der Waals surface area contributed by atoms with Crippen molar-refractivity contribution in [2.75, 3.05) is 0 Å². The van der Waals surface area contributed by atoms with Crippen molar-refractivity contribution in [2.45, 2.75) is 33.1 Å². The first-order valence-electron chi connectivity index (χ1n) is 13.9. The van der Waals surface area contributed by atoms with Gasteiger partial charge in [0, 0.05) is 11.1 Å². The second-order valence-electron chi connectivity index (χ2n) is 9.95. The zero-order valence-corrected chi connectivity index (χ0v) is 25.0. The number of rotatable bonds is 7. The molecule has 2 aromatic carbocycles. The van der Waals surface area contributed by atoms with Gasteiger partial charge in [-0.3, -0.25) is 0 Å². The number of nitrogens with zero attached hydrogens (tertiary/aromatic N) is 6. The van der Waals surface area contributed by atoms with Crippen molar-refractivity contribution in [3.8, 4) is 22.9 Å². The second-order valence-corrected chi connectivity index (χ2v) is 9.95. The van der Waals surface area contributed by atoms with Gasteiger partial charge in [-0.15, -0.1) is 20.4 Å². The van der Waals surface area contributed by atoms with Gasteiger partial charge in [0.2, 0.25) is 11.8 Å². The molecule has 4 aromatic rings. The Morgan fingerprint density at radius 3 is 2.09 bits per heavy atom. The van der Waals surface area contributed by atoms with E-state index in [2.05, 4.69) is 37.0 Å². The summed E-state index contributed by atoms with van der Waals surface area (Å²) in [6, 6.07) is 9.84. The van der Waals surface area contributed by atoms with Crippen LogP contribution in [0.25, 0.3) is 28.6 Å². The van der Waals surface area contributed by atoms with Crippen LogP contribution in [0, 0.1) is 6.92 Å². The Labute approximate surface area is 264 Å². The third-order valence-electron chi connectivity index (χ3n) is 6.80. The fourth-order valence-electron chi connectivity index (χ4n) is 4.32. The van der Waals surface area contributed by atoms with E-state index in [0.29, 0.717) is 22.3 Å². The van der Waals surface area contributed by atoms with Crippen LogP contribution in [0.1, 0.15) is 36.8 Å². The van der Waals surface area contributed by atoms with E-state index in [4.69, 9.17) is 8.83 Å². The number of hydrogen-bond donors (Lipinski definition) is 0. The van der Waals surface area contributed by atoms with Crippen molar-refractivity contribution < 1.29 is 35.2 Å². The third kappa shape index (κ3) is 7.27. The number of aliphatic imine (C=N–C) groups is 2. The topological polar surface area (TPSA) is 103 Å². The molecule has 1 aliphatic carbocycles. The fourth-order valence-corrected chi connectivity index (χ4v) is 4.32. The molecule has 0 atom stereocenters. The van der Waals surface area contributed by atoms with Gasteiger partial charge in [0.1, 0.15) is 11.4 Å². The lowest BCUT2D eigenvalue weighted by atomic mass is 9.99. The number of allylic oxidation sites excluding steroid dienone is 8. The summed E-state index contributed by atoms with van der Waals surface area (Å²) in [4.78, 5) is 8.64. The predicted octanol–water partition coefficient (Wildman–Crippen LogP) is 9.23. The Morgan fingerprint density at radius 1 is 0.830 bits per heavy atom. The van der Waals surface area contributed by atoms with Gasteiger partial charge in [-0.25, -0.2) is 9.98 Å². The molecule has 0 bridgehead atoms. The van der Waals surface area contributed by atoms with Gasteiger partial charge in [-0.1, -0.05) is 36.9 Å². The molecule has 0 aliphatic heterocycles. The highest BCUT2D eigenvalue weighted by atomic mass is 19.4. The minimum absolute atomic E-state index is 0.0239. The van der Waals surface area contributed by atoms with Crippen LogP contribution in [0.3, 0.4) is 0 Å². The van der Waals surface area contributed by atoms with Crippen molar-refractivity contribution in [3.63, 3.8) is 0 Å². The molecule has 0 saturated heterocycles. The number of benzene rings is 2. The van der Waals surface area contributed by atoms with Gasteiger partial charge in [0.15, 0.2) is 0 Å². The zero-order valence-electron chi connectivity index (χ0n) is 25.0. The van der Waals surface area contributed by atoms with Crippen LogP contribution in [-0.4, -0.2) is 38.0 Å². The van der Waals surface area contributed by atoms with Crippen molar-refractivity contribution in [1.29, 1.82) is 0 Å². The molecule has 0 N–H and O–H groups in total. The average molecular weight is 651 g/mol. The van der Waals surface area contributed by atoms with E-state index >= 15 is 0 Å². The maximum atomic E-state index is 13.3. The summed E-state index contributed by atoms with van der Waals surface area (Å²) >= 11 is 0. The van der Waals surface area contributed by atoms with Crippen LogP contribution in [0.4, 0.5) is 32.0 Å². The first-order chi connectivity index (χ1) is 22.3. The van der Waals surface area contributed by atoms with Gasteiger partial charge in [0.05, 0.1) is 22.5 Å². The number of aromatic nitrogens is 4. The highest BCUT2D eigenvalue weighted by molar-refractivity contribution is 6.14. The molecule has 0 radical (unpaired) electrons. The summed E-state index contributed by atoms with van der Waals surface area (Å²) in [5.41, 5.74) is 0.553. The van der Waals surface area contributed by atoms with Gasteiger partial charge in [0.25, 0.3) is 11.8 Å². The van der Waals surface area contributed by atoms with Crippen molar-refractivity contribution in [1.82, 2.24) is 20.4 Å². The standard InChI is InChI=1S/C33H24F6N6O2/c1-5-19-12-14-23(33(37,38)39)17-27(19)41-25(7-3)31-45-43-29(47-31)21-10-8-9-20(15-21)28-42-44-30(46-28)24(6-2)40-26-16-22(32(34,35)36)13-11-18(26)4/h5-17H,2H2,1,3-4H3/b19-5?,25-7-,40-24?,41-27?. The molecule has 240 valence electrons. The molecule has 1 aliphatic rings. The van der Waals surface area contributed by atoms with Crippen LogP contribution in [0.2, 0.25) is 0 Å². The lowest BCUT2D eigenvalue weighted by Gasteiger charge is -2.14. The lowest BCUT2D eigenvalue weighted by Crippen LogP contribution is -2.15. The SMILES string of the molecule is C=CC(=Nc1cc(C(F)(F)F)ccc1C)c1nnc(-c2cccc(-c3nnc(/C(=C/C)N=C4C=C(C(F)(F)F)C=CC4=CC)o3)c2)o1. The smallest absolute Gasteiger partial charge is 0.415 e. The van der Waals surface area contributed by atoms with Crippen LogP contribution in [-0.2, 0) is 6.18 Å². The van der Waals surface area contributed by atoms with Gasteiger partial charge in [-0.2, -0.15) is 26.3 Å². The van der Waals surface area contributed by atoms with Crippen LogP contribution in [0.15, 0.2) is 115 Å². The Morgan fingerprint density at radius 2 is 1.49 bits per heavy atom. The maximum Gasteiger partial charge on any atom is 0.416 e. The monoisotopic (exact) mass is 650 g/mol. The van der Waals surface area contributed by atoms with Crippen molar-refractivity contribution in [2.24, 2.45) is 9.98 Å². The second kappa shape index (κ2) is 13.0. The molecule has 2 heterocycles. The molecular formula is C33H24F6N6O2. The Kier molecular flexibility index (Phi) is 9.04. The molecule has 14 heteroatoms. The lowest BCUT2D eigenvalue weighted by molar-refractivity contribution is -0.137. The van der Waals surface area contributed by atoms with Gasteiger partial charge in [-0.05, 0) is 80.5 Å². The van der Waals surface area contributed by atoms with Crippen molar-refractivity contribution >= 4 is 22.8 Å². The average Bonchev–Trinajstić information content (AvgIpc) is 3.73. The molecule has 2 aromatic heterocycles. The molecule has 0 amide bonds.